The summed E-state index contributed by atoms with van der Waals surface area (Å²) in [4.78, 5) is 16.6. The maximum Gasteiger partial charge on any atom is 0.312 e. The van der Waals surface area contributed by atoms with Gasteiger partial charge in [-0.1, -0.05) is 0 Å². The van der Waals surface area contributed by atoms with Crippen LogP contribution < -0.4 is 5.32 Å². The van der Waals surface area contributed by atoms with Crippen molar-refractivity contribution in [1.82, 2.24) is 10.4 Å². The molecule has 2 heterocycles. The Morgan fingerprint density at radius 2 is 2.44 bits per heavy atom. The summed E-state index contributed by atoms with van der Waals surface area (Å²) < 4.78 is 11.1. The molecule has 0 radical (unpaired) electrons. The predicted octanol–water partition coefficient (Wildman–Crippen LogP) is 0.444. The number of ether oxygens (including phenoxy) is 1. The van der Waals surface area contributed by atoms with Gasteiger partial charge in [0.25, 0.3) is 0 Å². The van der Waals surface area contributed by atoms with Gasteiger partial charge in [0.1, 0.15) is 5.76 Å². The third-order valence-electron chi connectivity index (χ3n) is 2.87. The van der Waals surface area contributed by atoms with E-state index in [1.807, 2.05) is 0 Å². The molecule has 0 spiro atoms. The van der Waals surface area contributed by atoms with E-state index in [4.69, 9.17) is 14.0 Å². The maximum absolute atomic E-state index is 11.7. The van der Waals surface area contributed by atoms with E-state index in [1.54, 1.807) is 19.2 Å². The minimum Gasteiger partial charge on any atom is -0.456 e. The number of hydroxylamine groups is 2. The molecule has 1 unspecified atom stereocenters. The second-order valence-corrected chi connectivity index (χ2v) is 4.15. The zero-order valence-electron chi connectivity index (χ0n) is 10.6. The highest BCUT2D eigenvalue weighted by Gasteiger charge is 2.19. The number of morpholine rings is 1. The van der Waals surface area contributed by atoms with Gasteiger partial charge in [-0.05, 0) is 12.1 Å². The normalized spacial score (nSPS) is 19.8. The van der Waals surface area contributed by atoms with E-state index in [2.05, 4.69) is 5.32 Å². The average Bonchev–Trinajstić information content (AvgIpc) is 2.86. The van der Waals surface area contributed by atoms with Gasteiger partial charge in [-0.15, -0.1) is 0 Å². The summed E-state index contributed by atoms with van der Waals surface area (Å²) in [6, 6.07) is 3.46. The van der Waals surface area contributed by atoms with Crippen LogP contribution in [0.4, 0.5) is 0 Å². The van der Waals surface area contributed by atoms with E-state index in [0.29, 0.717) is 13.0 Å². The summed E-state index contributed by atoms with van der Waals surface area (Å²) in [5, 5.41) is 4.38. The molecule has 1 aromatic rings. The minimum atomic E-state index is -0.300. The zero-order chi connectivity index (χ0) is 13.0. The minimum absolute atomic E-state index is 0.105. The van der Waals surface area contributed by atoms with Crippen molar-refractivity contribution in [3.05, 3.63) is 23.7 Å². The number of furan rings is 1. The fourth-order valence-corrected chi connectivity index (χ4v) is 1.82. The van der Waals surface area contributed by atoms with Gasteiger partial charge in [-0.2, -0.15) is 0 Å². The number of carbonyl (C=O) groups is 1. The van der Waals surface area contributed by atoms with Crippen LogP contribution in [0.25, 0.3) is 0 Å². The summed E-state index contributed by atoms with van der Waals surface area (Å²) in [5.41, 5.74) is 0. The van der Waals surface area contributed by atoms with E-state index in [0.717, 1.165) is 23.9 Å². The van der Waals surface area contributed by atoms with Gasteiger partial charge in [0.2, 0.25) is 0 Å². The lowest BCUT2D eigenvalue weighted by atomic mass is 10.2. The van der Waals surface area contributed by atoms with Gasteiger partial charge in [0.05, 0.1) is 19.8 Å². The molecule has 1 aromatic heterocycles. The highest BCUT2D eigenvalue weighted by molar-refractivity contribution is 5.90. The molecule has 6 nitrogen and oxygen atoms in total. The molecule has 1 amide bonds. The lowest BCUT2D eigenvalue weighted by molar-refractivity contribution is -0.0774. The molecule has 100 valence electrons. The first-order valence-corrected chi connectivity index (χ1v) is 5.94. The first-order valence-electron chi connectivity index (χ1n) is 5.94. The monoisotopic (exact) mass is 254 g/mol. The number of amides is 1. The standard InChI is InChI=1S/C12H18N2O4/c1-14(16-2)12(15)11-4-3-9(18-11)7-10-8-13-5-6-17-10/h3-4,10,13H,5-8H2,1-2H3. The molecular weight excluding hydrogens is 236 g/mol. The van der Waals surface area contributed by atoms with Crippen molar-refractivity contribution in [3.63, 3.8) is 0 Å². The van der Waals surface area contributed by atoms with E-state index in [1.165, 1.54) is 7.11 Å². The Labute approximate surface area is 106 Å². The van der Waals surface area contributed by atoms with Gasteiger partial charge < -0.3 is 14.5 Å². The molecule has 1 atom stereocenters. The van der Waals surface area contributed by atoms with Crippen molar-refractivity contribution < 1.29 is 18.8 Å². The van der Waals surface area contributed by atoms with Gasteiger partial charge in [0.15, 0.2) is 5.76 Å². The van der Waals surface area contributed by atoms with Gasteiger partial charge in [-0.25, -0.2) is 5.06 Å². The zero-order valence-corrected chi connectivity index (χ0v) is 10.6. The molecule has 1 N–H and O–H groups in total. The topological polar surface area (TPSA) is 63.9 Å². The van der Waals surface area contributed by atoms with Crippen LogP contribution >= 0.6 is 0 Å². The highest BCUT2D eigenvalue weighted by Crippen LogP contribution is 2.14. The van der Waals surface area contributed by atoms with Crippen molar-refractivity contribution in [1.29, 1.82) is 0 Å². The lowest BCUT2D eigenvalue weighted by Crippen LogP contribution is -2.39. The summed E-state index contributed by atoms with van der Waals surface area (Å²) in [6.07, 6.45) is 0.768. The number of nitrogens with zero attached hydrogens (tertiary/aromatic N) is 1. The van der Waals surface area contributed by atoms with Crippen molar-refractivity contribution >= 4 is 5.91 Å². The van der Waals surface area contributed by atoms with Crippen LogP contribution in [0, 0.1) is 0 Å². The van der Waals surface area contributed by atoms with Crippen molar-refractivity contribution in [3.8, 4) is 0 Å². The van der Waals surface area contributed by atoms with Crippen LogP contribution in [-0.2, 0) is 16.0 Å². The van der Waals surface area contributed by atoms with Crippen molar-refractivity contribution in [2.24, 2.45) is 0 Å². The molecule has 18 heavy (non-hydrogen) atoms. The predicted molar refractivity (Wildman–Crippen MR) is 64.1 cm³/mol. The quantitative estimate of drug-likeness (QED) is 0.790. The second kappa shape index (κ2) is 5.99. The molecule has 0 bridgehead atoms. The lowest BCUT2D eigenvalue weighted by Gasteiger charge is -2.22. The largest absolute Gasteiger partial charge is 0.456 e. The molecule has 1 fully saturated rings. The fourth-order valence-electron chi connectivity index (χ4n) is 1.82. The molecule has 1 saturated heterocycles. The second-order valence-electron chi connectivity index (χ2n) is 4.15. The van der Waals surface area contributed by atoms with Crippen LogP contribution in [0.5, 0.6) is 0 Å². The average molecular weight is 254 g/mol. The molecule has 1 aliphatic rings. The Hall–Kier alpha value is -1.37. The maximum atomic E-state index is 11.7. The molecule has 2 rings (SSSR count). The van der Waals surface area contributed by atoms with E-state index < -0.39 is 0 Å². The van der Waals surface area contributed by atoms with Crippen LogP contribution in [0.1, 0.15) is 16.3 Å². The fraction of sp³-hybridized carbons (Fsp3) is 0.583. The van der Waals surface area contributed by atoms with Crippen LogP contribution in [-0.4, -0.2) is 50.9 Å². The highest BCUT2D eigenvalue weighted by atomic mass is 16.7. The summed E-state index contributed by atoms with van der Waals surface area (Å²) in [7, 11) is 2.97. The summed E-state index contributed by atoms with van der Waals surface area (Å²) in [6.45, 7) is 2.41. The Balaban J connectivity index is 1.95. The van der Waals surface area contributed by atoms with Crippen LogP contribution in [0.3, 0.4) is 0 Å². The third-order valence-corrected chi connectivity index (χ3v) is 2.87. The van der Waals surface area contributed by atoms with Crippen LogP contribution in [0.2, 0.25) is 0 Å². The number of rotatable bonds is 4. The van der Waals surface area contributed by atoms with Gasteiger partial charge in [0, 0.05) is 26.6 Å². The Bertz CT molecular complexity index is 399. The summed E-state index contributed by atoms with van der Waals surface area (Å²) in [5.74, 6) is 0.723. The third kappa shape index (κ3) is 3.10. The first-order chi connectivity index (χ1) is 8.70. The SMILES string of the molecule is CON(C)C(=O)c1ccc(CC2CNCCO2)o1. The summed E-state index contributed by atoms with van der Waals surface area (Å²) >= 11 is 0. The first kappa shape index (κ1) is 13.1. The van der Waals surface area contributed by atoms with E-state index in [9.17, 15) is 4.79 Å². The molecule has 0 aromatic carbocycles. The Morgan fingerprint density at radius 1 is 1.61 bits per heavy atom. The van der Waals surface area contributed by atoms with Crippen LogP contribution in [0.15, 0.2) is 16.5 Å². The number of hydrogen-bond acceptors (Lipinski definition) is 5. The number of nitrogens with one attached hydrogen (secondary N) is 1. The van der Waals surface area contributed by atoms with Crippen molar-refractivity contribution in [2.75, 3.05) is 33.9 Å². The Morgan fingerprint density at radius 3 is 3.11 bits per heavy atom. The number of hydrogen-bond donors (Lipinski definition) is 1. The van der Waals surface area contributed by atoms with Gasteiger partial charge >= 0.3 is 5.91 Å². The molecule has 0 saturated carbocycles. The number of carbonyl (C=O) groups excluding carboxylic acids is 1. The molecule has 6 heteroatoms. The van der Waals surface area contributed by atoms with E-state index in [-0.39, 0.29) is 17.8 Å². The smallest absolute Gasteiger partial charge is 0.312 e. The molecule has 1 aliphatic heterocycles. The van der Waals surface area contributed by atoms with E-state index >= 15 is 0 Å². The van der Waals surface area contributed by atoms with Gasteiger partial charge in [-0.3, -0.25) is 9.63 Å². The molecular formula is C12H18N2O4. The molecule has 0 aliphatic carbocycles. The van der Waals surface area contributed by atoms with Crippen molar-refractivity contribution in [2.45, 2.75) is 12.5 Å². The Kier molecular flexibility index (Phi) is 4.35.